The third kappa shape index (κ3) is 4.05. The molecule has 8 heteroatoms. The lowest BCUT2D eigenvalue weighted by atomic mass is 10.1. The molecule has 2 aromatic heterocycles. The first-order valence-corrected chi connectivity index (χ1v) is 11.1. The largest absolute Gasteiger partial charge is 0.378 e. The summed E-state index contributed by atoms with van der Waals surface area (Å²) < 4.78 is 11.1. The summed E-state index contributed by atoms with van der Waals surface area (Å²) in [5.74, 6) is 2.44. The number of hydrogen-bond donors (Lipinski definition) is 0. The number of anilines is 2. The number of ether oxygens (including phenoxy) is 2. The van der Waals surface area contributed by atoms with Gasteiger partial charge in [-0.3, -0.25) is 0 Å². The van der Waals surface area contributed by atoms with Crippen molar-refractivity contribution in [3.05, 3.63) is 36.0 Å². The number of morpholine rings is 2. The molecule has 0 aliphatic carbocycles. The molecule has 0 bridgehead atoms. The van der Waals surface area contributed by atoms with E-state index in [0.29, 0.717) is 26.4 Å². The zero-order valence-electron chi connectivity index (χ0n) is 18.0. The fraction of sp³-hybridized carbons (Fsp3) is 0.478. The highest BCUT2D eigenvalue weighted by Gasteiger charge is 2.25. The van der Waals surface area contributed by atoms with Crippen molar-refractivity contribution in [3.63, 3.8) is 0 Å². The quantitative estimate of drug-likeness (QED) is 0.624. The van der Waals surface area contributed by atoms with Crippen LogP contribution < -0.4 is 9.80 Å². The second kappa shape index (κ2) is 9.11. The van der Waals surface area contributed by atoms with Crippen LogP contribution in [0.4, 0.5) is 11.6 Å². The van der Waals surface area contributed by atoms with Gasteiger partial charge >= 0.3 is 0 Å². The first-order chi connectivity index (χ1) is 15.3. The Hall–Kier alpha value is -2.84. The van der Waals surface area contributed by atoms with Gasteiger partial charge in [0.1, 0.15) is 5.52 Å². The van der Waals surface area contributed by atoms with E-state index in [-0.39, 0.29) is 0 Å². The molecule has 31 heavy (non-hydrogen) atoms. The molecule has 5 rings (SSSR count). The topological polar surface area (TPSA) is 76.5 Å². The summed E-state index contributed by atoms with van der Waals surface area (Å²) in [6.07, 6.45) is 1.86. The second-order valence-corrected chi connectivity index (χ2v) is 7.88. The van der Waals surface area contributed by atoms with Crippen molar-refractivity contribution in [2.45, 2.75) is 19.8 Å². The van der Waals surface area contributed by atoms with E-state index in [1.165, 1.54) is 0 Å². The van der Waals surface area contributed by atoms with E-state index in [4.69, 9.17) is 24.5 Å². The monoisotopic (exact) mass is 420 g/mol. The Morgan fingerprint density at radius 3 is 2.06 bits per heavy atom. The Balaban J connectivity index is 1.74. The maximum Gasteiger partial charge on any atom is 0.178 e. The van der Waals surface area contributed by atoms with Gasteiger partial charge in [0, 0.05) is 31.7 Å². The van der Waals surface area contributed by atoms with E-state index in [1.807, 2.05) is 18.2 Å². The van der Waals surface area contributed by atoms with E-state index < -0.39 is 0 Å². The summed E-state index contributed by atoms with van der Waals surface area (Å²) in [6, 6.07) is 10.2. The summed E-state index contributed by atoms with van der Waals surface area (Å²) in [6.45, 7) is 8.12. The highest BCUT2D eigenvalue weighted by molar-refractivity contribution is 5.98. The first kappa shape index (κ1) is 20.1. The van der Waals surface area contributed by atoms with E-state index in [1.54, 1.807) is 0 Å². The molecule has 8 nitrogen and oxygen atoms in total. The minimum Gasteiger partial charge on any atom is -0.378 e. The number of aromatic nitrogens is 4. The Morgan fingerprint density at radius 2 is 1.42 bits per heavy atom. The van der Waals surface area contributed by atoms with Crippen LogP contribution in [0.1, 0.15) is 19.0 Å². The second-order valence-electron chi connectivity index (χ2n) is 7.88. The molecule has 4 heterocycles. The molecular weight excluding hydrogens is 392 g/mol. The molecule has 2 saturated heterocycles. The molecule has 2 aliphatic rings. The van der Waals surface area contributed by atoms with Crippen LogP contribution in [0.25, 0.3) is 22.3 Å². The fourth-order valence-electron chi connectivity index (χ4n) is 4.21. The predicted molar refractivity (Wildman–Crippen MR) is 121 cm³/mol. The van der Waals surface area contributed by atoms with Crippen LogP contribution >= 0.6 is 0 Å². The Kier molecular flexibility index (Phi) is 5.90. The maximum absolute atomic E-state index is 5.56. The summed E-state index contributed by atoms with van der Waals surface area (Å²) >= 11 is 0. The summed E-state index contributed by atoms with van der Waals surface area (Å²) in [7, 11) is 0. The van der Waals surface area contributed by atoms with Crippen molar-refractivity contribution in [1.29, 1.82) is 0 Å². The number of benzene rings is 1. The lowest BCUT2D eigenvalue weighted by molar-refractivity contribution is 0.122. The zero-order chi connectivity index (χ0) is 21.0. The van der Waals surface area contributed by atoms with Gasteiger partial charge in [-0.2, -0.15) is 0 Å². The standard InChI is InChI=1S/C23H28N6O2/c1-2-6-18-19-20(25-21(24-18)17-7-4-3-5-8-17)23(29-11-15-31-16-12-29)27-26-22(19)28-9-13-30-14-10-28/h3-5,7-8H,2,6,9-16H2,1H3. The summed E-state index contributed by atoms with van der Waals surface area (Å²) in [4.78, 5) is 14.6. The van der Waals surface area contributed by atoms with Crippen LogP contribution in [0.2, 0.25) is 0 Å². The van der Waals surface area contributed by atoms with Crippen LogP contribution in [0.15, 0.2) is 30.3 Å². The molecule has 162 valence electrons. The van der Waals surface area contributed by atoms with Crippen molar-refractivity contribution < 1.29 is 9.47 Å². The van der Waals surface area contributed by atoms with Gasteiger partial charge in [-0.25, -0.2) is 9.97 Å². The molecule has 3 aromatic rings. The molecule has 0 amide bonds. The Labute approximate surface area is 182 Å². The maximum atomic E-state index is 5.56. The number of hydrogen-bond acceptors (Lipinski definition) is 8. The Morgan fingerprint density at radius 1 is 0.806 bits per heavy atom. The van der Waals surface area contributed by atoms with Crippen molar-refractivity contribution >= 4 is 22.5 Å². The minimum absolute atomic E-state index is 0.687. The van der Waals surface area contributed by atoms with Crippen molar-refractivity contribution in [2.75, 3.05) is 62.4 Å². The highest BCUT2D eigenvalue weighted by Crippen LogP contribution is 2.34. The molecule has 0 atom stereocenters. The molecule has 0 unspecified atom stereocenters. The summed E-state index contributed by atoms with van der Waals surface area (Å²) in [5.41, 5.74) is 2.94. The molecule has 0 saturated carbocycles. The molecule has 0 radical (unpaired) electrons. The average Bonchev–Trinajstić information content (AvgIpc) is 2.85. The molecule has 2 aliphatic heterocycles. The highest BCUT2D eigenvalue weighted by atomic mass is 16.5. The molecule has 0 spiro atoms. The molecule has 1 aromatic carbocycles. The Bertz CT molecular complexity index is 1030. The third-order valence-electron chi connectivity index (χ3n) is 5.80. The van der Waals surface area contributed by atoms with Crippen LogP contribution in [-0.2, 0) is 15.9 Å². The first-order valence-electron chi connectivity index (χ1n) is 11.1. The number of rotatable bonds is 5. The lowest BCUT2D eigenvalue weighted by Crippen LogP contribution is -2.39. The van der Waals surface area contributed by atoms with Gasteiger partial charge in [0.15, 0.2) is 17.5 Å². The van der Waals surface area contributed by atoms with Gasteiger partial charge in [-0.1, -0.05) is 43.7 Å². The third-order valence-corrected chi connectivity index (χ3v) is 5.80. The van der Waals surface area contributed by atoms with Crippen molar-refractivity contribution in [1.82, 2.24) is 20.2 Å². The molecule has 0 N–H and O–H groups in total. The lowest BCUT2D eigenvalue weighted by Gasteiger charge is -2.31. The van der Waals surface area contributed by atoms with Gasteiger partial charge in [-0.05, 0) is 6.42 Å². The van der Waals surface area contributed by atoms with Gasteiger partial charge < -0.3 is 19.3 Å². The minimum atomic E-state index is 0.687. The normalized spacial score (nSPS) is 17.3. The smallest absolute Gasteiger partial charge is 0.178 e. The molecular formula is C23H28N6O2. The van der Waals surface area contributed by atoms with E-state index >= 15 is 0 Å². The van der Waals surface area contributed by atoms with Gasteiger partial charge in [-0.15, -0.1) is 10.2 Å². The van der Waals surface area contributed by atoms with Crippen LogP contribution in [-0.4, -0.2) is 72.8 Å². The predicted octanol–water partition coefficient (Wildman–Crippen LogP) is 2.71. The van der Waals surface area contributed by atoms with Crippen LogP contribution in [0, 0.1) is 0 Å². The van der Waals surface area contributed by atoms with Gasteiger partial charge in [0.25, 0.3) is 0 Å². The van der Waals surface area contributed by atoms with Crippen LogP contribution in [0.5, 0.6) is 0 Å². The zero-order valence-corrected chi connectivity index (χ0v) is 18.0. The average molecular weight is 421 g/mol. The van der Waals surface area contributed by atoms with Gasteiger partial charge in [0.05, 0.1) is 37.5 Å². The van der Waals surface area contributed by atoms with E-state index in [2.05, 4.69) is 34.0 Å². The van der Waals surface area contributed by atoms with E-state index in [9.17, 15) is 0 Å². The van der Waals surface area contributed by atoms with E-state index in [0.717, 1.165) is 78.6 Å². The van der Waals surface area contributed by atoms with Crippen LogP contribution in [0.3, 0.4) is 0 Å². The number of nitrogens with zero attached hydrogens (tertiary/aromatic N) is 6. The number of fused-ring (bicyclic) bond motifs is 1. The SMILES string of the molecule is CCCc1nc(-c2ccccc2)nc2c(N3CCOCC3)nnc(N3CCOCC3)c12. The number of aryl methyl sites for hydroxylation is 1. The van der Waals surface area contributed by atoms with Crippen molar-refractivity contribution in [2.24, 2.45) is 0 Å². The summed E-state index contributed by atoms with van der Waals surface area (Å²) in [5, 5.41) is 10.4. The fourth-order valence-corrected chi connectivity index (χ4v) is 4.21. The molecule has 2 fully saturated rings. The van der Waals surface area contributed by atoms with Gasteiger partial charge in [0.2, 0.25) is 0 Å². The van der Waals surface area contributed by atoms with Crippen molar-refractivity contribution in [3.8, 4) is 11.4 Å².